The summed E-state index contributed by atoms with van der Waals surface area (Å²) in [5, 5.41) is 2.92. The minimum Gasteiger partial charge on any atom is -0.355 e. The lowest BCUT2D eigenvalue weighted by Crippen LogP contribution is -2.51. The molecule has 2 aromatic rings. The second-order valence-electron chi connectivity index (χ2n) is 7.30. The SMILES string of the molecule is CCNC(=O)[C@@H](C)N(Cc1ccc(C)cc1)C(=O)CN(c1ccccc1Cl)S(C)(=O)=O. The van der Waals surface area contributed by atoms with Gasteiger partial charge in [0.15, 0.2) is 0 Å². The van der Waals surface area contributed by atoms with Gasteiger partial charge >= 0.3 is 0 Å². The number of halogens is 1. The largest absolute Gasteiger partial charge is 0.355 e. The molecule has 0 fully saturated rings. The first-order valence-corrected chi connectivity index (χ1v) is 12.1. The van der Waals surface area contributed by atoms with E-state index in [0.717, 1.165) is 21.7 Å². The molecule has 1 atom stereocenters. The highest BCUT2D eigenvalue weighted by Gasteiger charge is 2.30. The standard InChI is InChI=1S/C22H28ClN3O4S/c1-5-24-22(28)17(3)25(14-18-12-10-16(2)11-13-18)21(27)15-26(31(4,29)30)20-9-7-6-8-19(20)23/h6-13,17H,5,14-15H2,1-4H3,(H,24,28)/t17-/m1/s1. The molecule has 2 amide bonds. The molecule has 168 valence electrons. The van der Waals surface area contributed by atoms with Gasteiger partial charge in [0, 0.05) is 13.1 Å². The summed E-state index contributed by atoms with van der Waals surface area (Å²) >= 11 is 6.19. The van der Waals surface area contributed by atoms with Crippen LogP contribution in [0.5, 0.6) is 0 Å². The number of carbonyl (C=O) groups excluding carboxylic acids is 2. The van der Waals surface area contributed by atoms with Gasteiger partial charge in [-0.2, -0.15) is 0 Å². The van der Waals surface area contributed by atoms with Crippen molar-refractivity contribution in [3.05, 3.63) is 64.7 Å². The third-order valence-electron chi connectivity index (χ3n) is 4.79. The molecule has 0 bridgehead atoms. The Balaban J connectivity index is 2.38. The van der Waals surface area contributed by atoms with Crippen LogP contribution in [-0.4, -0.2) is 50.5 Å². The Morgan fingerprint density at radius 1 is 1.10 bits per heavy atom. The minimum absolute atomic E-state index is 0.164. The average molecular weight is 466 g/mol. The molecule has 0 aliphatic carbocycles. The van der Waals surface area contributed by atoms with Gasteiger partial charge in [-0.15, -0.1) is 0 Å². The quantitative estimate of drug-likeness (QED) is 0.616. The van der Waals surface area contributed by atoms with Gasteiger partial charge < -0.3 is 10.2 Å². The third kappa shape index (κ3) is 6.70. The van der Waals surface area contributed by atoms with Crippen molar-refractivity contribution in [1.82, 2.24) is 10.2 Å². The molecule has 0 heterocycles. The zero-order chi connectivity index (χ0) is 23.2. The highest BCUT2D eigenvalue weighted by atomic mass is 35.5. The monoisotopic (exact) mass is 465 g/mol. The first-order valence-electron chi connectivity index (χ1n) is 9.89. The van der Waals surface area contributed by atoms with Crippen molar-refractivity contribution in [3.8, 4) is 0 Å². The lowest BCUT2D eigenvalue weighted by atomic mass is 10.1. The number of hydrogen-bond acceptors (Lipinski definition) is 4. The molecule has 0 saturated carbocycles. The third-order valence-corrected chi connectivity index (χ3v) is 6.24. The summed E-state index contributed by atoms with van der Waals surface area (Å²) < 4.78 is 25.9. The predicted molar refractivity (Wildman–Crippen MR) is 124 cm³/mol. The van der Waals surface area contributed by atoms with E-state index in [0.29, 0.717) is 6.54 Å². The molecule has 0 aliphatic heterocycles. The van der Waals surface area contributed by atoms with Gasteiger partial charge in [0.2, 0.25) is 21.8 Å². The topological polar surface area (TPSA) is 86.8 Å². The molecule has 9 heteroatoms. The van der Waals surface area contributed by atoms with E-state index in [1.165, 1.54) is 11.0 Å². The zero-order valence-corrected chi connectivity index (χ0v) is 19.7. The number of amides is 2. The molecule has 0 radical (unpaired) electrons. The first-order chi connectivity index (χ1) is 14.5. The summed E-state index contributed by atoms with van der Waals surface area (Å²) in [5.74, 6) is -0.823. The van der Waals surface area contributed by atoms with Crippen molar-refractivity contribution >= 4 is 39.1 Å². The van der Waals surface area contributed by atoms with Gasteiger partial charge in [-0.05, 0) is 38.5 Å². The predicted octanol–water partition coefficient (Wildman–Crippen LogP) is 2.97. The van der Waals surface area contributed by atoms with Gasteiger partial charge in [-0.25, -0.2) is 8.42 Å². The highest BCUT2D eigenvalue weighted by molar-refractivity contribution is 7.92. The van der Waals surface area contributed by atoms with Crippen molar-refractivity contribution in [2.45, 2.75) is 33.4 Å². The van der Waals surface area contributed by atoms with Crippen molar-refractivity contribution in [2.24, 2.45) is 0 Å². The van der Waals surface area contributed by atoms with E-state index in [2.05, 4.69) is 5.32 Å². The molecule has 2 aromatic carbocycles. The van der Waals surface area contributed by atoms with Crippen LogP contribution in [0.4, 0.5) is 5.69 Å². The van der Waals surface area contributed by atoms with Crippen molar-refractivity contribution in [3.63, 3.8) is 0 Å². The van der Waals surface area contributed by atoms with Crippen molar-refractivity contribution in [2.75, 3.05) is 23.7 Å². The van der Waals surface area contributed by atoms with Crippen LogP contribution in [0.2, 0.25) is 5.02 Å². The summed E-state index contributed by atoms with van der Waals surface area (Å²) in [5.41, 5.74) is 2.11. The number of carbonyl (C=O) groups is 2. The van der Waals surface area contributed by atoms with Gasteiger partial charge in [0.1, 0.15) is 12.6 Å². The van der Waals surface area contributed by atoms with Crippen molar-refractivity contribution in [1.29, 1.82) is 0 Å². The minimum atomic E-state index is -3.80. The van der Waals surface area contributed by atoms with E-state index in [4.69, 9.17) is 11.6 Å². The Kier molecular flexibility index (Phi) is 8.47. The Hall–Kier alpha value is -2.58. The fourth-order valence-corrected chi connectivity index (χ4v) is 4.19. The summed E-state index contributed by atoms with van der Waals surface area (Å²) in [6.07, 6.45) is 1.02. The fraction of sp³-hybridized carbons (Fsp3) is 0.364. The maximum absolute atomic E-state index is 13.3. The molecule has 0 unspecified atom stereocenters. The molecular weight excluding hydrogens is 438 g/mol. The van der Waals surface area contributed by atoms with Crippen LogP contribution >= 0.6 is 11.6 Å². The number of sulfonamides is 1. The van der Waals surface area contributed by atoms with E-state index < -0.39 is 28.5 Å². The number of aryl methyl sites for hydroxylation is 1. The second-order valence-corrected chi connectivity index (χ2v) is 9.61. The number of anilines is 1. The second kappa shape index (κ2) is 10.6. The first kappa shape index (κ1) is 24.7. The van der Waals surface area contributed by atoms with Crippen LogP contribution < -0.4 is 9.62 Å². The van der Waals surface area contributed by atoms with Crippen LogP contribution in [0.3, 0.4) is 0 Å². The summed E-state index contributed by atoms with van der Waals surface area (Å²) in [6, 6.07) is 13.2. The van der Waals surface area contributed by atoms with E-state index in [1.54, 1.807) is 32.0 Å². The lowest BCUT2D eigenvalue weighted by molar-refractivity contribution is -0.139. The molecular formula is C22H28ClN3O4S. The number of hydrogen-bond donors (Lipinski definition) is 1. The number of benzene rings is 2. The van der Waals surface area contributed by atoms with Gasteiger partial charge in [-0.1, -0.05) is 53.6 Å². The molecule has 0 saturated heterocycles. The Morgan fingerprint density at radius 3 is 2.26 bits per heavy atom. The molecule has 2 rings (SSSR count). The van der Waals surface area contributed by atoms with Crippen LogP contribution in [0.15, 0.2) is 48.5 Å². The molecule has 0 aliphatic rings. The summed E-state index contributed by atoms with van der Waals surface area (Å²) in [7, 11) is -3.80. The van der Waals surface area contributed by atoms with Gasteiger partial charge in [-0.3, -0.25) is 13.9 Å². The molecule has 31 heavy (non-hydrogen) atoms. The molecule has 0 aromatic heterocycles. The van der Waals surface area contributed by atoms with Crippen LogP contribution in [0, 0.1) is 6.92 Å². The molecule has 1 N–H and O–H groups in total. The average Bonchev–Trinajstić information content (AvgIpc) is 2.71. The Morgan fingerprint density at radius 2 is 1.71 bits per heavy atom. The smallest absolute Gasteiger partial charge is 0.244 e. The van der Waals surface area contributed by atoms with E-state index >= 15 is 0 Å². The number of likely N-dealkylation sites (N-methyl/N-ethyl adjacent to an activating group) is 1. The van der Waals surface area contributed by atoms with E-state index in [1.807, 2.05) is 31.2 Å². The van der Waals surface area contributed by atoms with Crippen molar-refractivity contribution < 1.29 is 18.0 Å². The highest BCUT2D eigenvalue weighted by Crippen LogP contribution is 2.27. The van der Waals surface area contributed by atoms with Crippen LogP contribution in [0.1, 0.15) is 25.0 Å². The normalized spacial score (nSPS) is 12.2. The maximum atomic E-state index is 13.3. The zero-order valence-electron chi connectivity index (χ0n) is 18.1. The van der Waals surface area contributed by atoms with Gasteiger partial charge in [0.05, 0.1) is 17.0 Å². The summed E-state index contributed by atoms with van der Waals surface area (Å²) in [4.78, 5) is 27.2. The number of nitrogens with zero attached hydrogens (tertiary/aromatic N) is 2. The van der Waals surface area contributed by atoms with E-state index in [-0.39, 0.29) is 23.2 Å². The van der Waals surface area contributed by atoms with Gasteiger partial charge in [0.25, 0.3) is 0 Å². The fourth-order valence-electron chi connectivity index (χ4n) is 3.04. The number of nitrogens with one attached hydrogen (secondary N) is 1. The lowest BCUT2D eigenvalue weighted by Gasteiger charge is -2.31. The number of rotatable bonds is 9. The number of para-hydroxylation sites is 1. The van der Waals surface area contributed by atoms with E-state index in [9.17, 15) is 18.0 Å². The summed E-state index contributed by atoms with van der Waals surface area (Å²) in [6.45, 7) is 5.48. The molecule has 0 spiro atoms. The van der Waals surface area contributed by atoms with Crippen LogP contribution in [0.25, 0.3) is 0 Å². The Labute approximate surface area is 189 Å². The molecule has 7 nitrogen and oxygen atoms in total. The maximum Gasteiger partial charge on any atom is 0.244 e. The van der Waals surface area contributed by atoms with Crippen LogP contribution in [-0.2, 0) is 26.2 Å². The Bertz CT molecular complexity index is 1030.